The summed E-state index contributed by atoms with van der Waals surface area (Å²) in [5.74, 6) is 0.953. The van der Waals surface area contributed by atoms with Crippen molar-refractivity contribution < 1.29 is 4.74 Å². The van der Waals surface area contributed by atoms with Gasteiger partial charge in [0.1, 0.15) is 0 Å². The molecule has 0 saturated carbocycles. The standard InChI is InChI=1S/C17H16OSe/c1-18-14-9-7-13(8-10-14)17-15-5-3-2-4-12(15)6-11-16(17)19-17/h2-5,7-10,16H,6,11H2,1H3. The summed E-state index contributed by atoms with van der Waals surface area (Å²) in [5, 5.41) is 0. The SMILES string of the molecule is COc1ccc(C23[Se]C2CCc2ccccc23)cc1. The first kappa shape index (κ1) is 11.6. The van der Waals surface area contributed by atoms with E-state index in [2.05, 4.69) is 48.5 Å². The summed E-state index contributed by atoms with van der Waals surface area (Å²) < 4.78 is 5.65. The Bertz CT molecular complexity index is 619. The molecule has 2 heteroatoms. The van der Waals surface area contributed by atoms with Crippen molar-refractivity contribution in [2.45, 2.75) is 22.0 Å². The zero-order valence-corrected chi connectivity index (χ0v) is 12.6. The Morgan fingerprint density at radius 3 is 2.68 bits per heavy atom. The van der Waals surface area contributed by atoms with Crippen molar-refractivity contribution in [1.82, 2.24) is 0 Å². The topological polar surface area (TPSA) is 9.23 Å². The van der Waals surface area contributed by atoms with E-state index in [1.807, 2.05) is 0 Å². The molecule has 2 aliphatic rings. The van der Waals surface area contributed by atoms with Crippen molar-refractivity contribution >= 4 is 15.0 Å². The second-order valence-corrected chi connectivity index (χ2v) is 8.31. The van der Waals surface area contributed by atoms with Crippen LogP contribution < -0.4 is 4.74 Å². The molecule has 96 valence electrons. The molecule has 0 aromatic heterocycles. The first-order chi connectivity index (χ1) is 9.34. The molecule has 2 aromatic carbocycles. The van der Waals surface area contributed by atoms with Crippen LogP contribution >= 0.6 is 0 Å². The molecular weight excluding hydrogens is 299 g/mol. The van der Waals surface area contributed by atoms with Crippen molar-refractivity contribution in [3.05, 3.63) is 65.2 Å². The van der Waals surface area contributed by atoms with Crippen LogP contribution in [0.2, 0.25) is 4.82 Å². The van der Waals surface area contributed by atoms with E-state index in [0.717, 1.165) is 10.6 Å². The summed E-state index contributed by atoms with van der Waals surface area (Å²) >= 11 is 0.716. The first-order valence-electron chi connectivity index (χ1n) is 6.75. The van der Waals surface area contributed by atoms with Crippen molar-refractivity contribution in [1.29, 1.82) is 0 Å². The van der Waals surface area contributed by atoms with Gasteiger partial charge in [-0.1, -0.05) is 0 Å². The van der Waals surface area contributed by atoms with Crippen LogP contribution in [-0.4, -0.2) is 22.1 Å². The van der Waals surface area contributed by atoms with E-state index >= 15 is 0 Å². The molecule has 1 aliphatic heterocycles. The van der Waals surface area contributed by atoms with Gasteiger partial charge in [-0.15, -0.1) is 0 Å². The Morgan fingerprint density at radius 1 is 1.11 bits per heavy atom. The Hall–Kier alpha value is -1.24. The molecule has 1 nitrogen and oxygen atoms in total. The summed E-state index contributed by atoms with van der Waals surface area (Å²) in [6.45, 7) is 0. The molecule has 0 bridgehead atoms. The summed E-state index contributed by atoms with van der Waals surface area (Å²) in [6.07, 6.45) is 2.63. The van der Waals surface area contributed by atoms with Gasteiger partial charge >= 0.3 is 120 Å². The van der Waals surface area contributed by atoms with Gasteiger partial charge in [0.2, 0.25) is 0 Å². The third-order valence-corrected chi connectivity index (χ3v) is 7.97. The minimum atomic E-state index is 0.369. The molecule has 1 saturated heterocycles. The van der Waals surface area contributed by atoms with Crippen LogP contribution in [0.3, 0.4) is 0 Å². The van der Waals surface area contributed by atoms with Crippen LogP contribution in [0.15, 0.2) is 48.5 Å². The van der Waals surface area contributed by atoms with Gasteiger partial charge in [-0.05, 0) is 0 Å². The normalized spacial score (nSPS) is 27.3. The maximum absolute atomic E-state index is 5.28. The number of rotatable bonds is 2. The quantitative estimate of drug-likeness (QED) is 0.772. The summed E-state index contributed by atoms with van der Waals surface area (Å²) in [6, 6.07) is 17.8. The molecular formula is C17H16OSe. The van der Waals surface area contributed by atoms with Gasteiger partial charge in [0.25, 0.3) is 0 Å². The van der Waals surface area contributed by atoms with E-state index in [1.54, 1.807) is 18.2 Å². The van der Waals surface area contributed by atoms with Gasteiger partial charge in [0.15, 0.2) is 0 Å². The molecule has 1 aliphatic carbocycles. The second kappa shape index (κ2) is 4.13. The van der Waals surface area contributed by atoms with Gasteiger partial charge < -0.3 is 0 Å². The third-order valence-electron chi connectivity index (χ3n) is 4.34. The number of benzene rings is 2. The number of methoxy groups -OCH3 is 1. The second-order valence-electron chi connectivity index (χ2n) is 5.27. The average Bonchev–Trinajstić information content (AvgIpc) is 3.23. The molecule has 19 heavy (non-hydrogen) atoms. The van der Waals surface area contributed by atoms with Crippen LogP contribution in [0.5, 0.6) is 5.75 Å². The Morgan fingerprint density at radius 2 is 1.89 bits per heavy atom. The molecule has 2 unspecified atom stereocenters. The van der Waals surface area contributed by atoms with Crippen molar-refractivity contribution in [3.63, 3.8) is 0 Å². The Balaban J connectivity index is 1.83. The van der Waals surface area contributed by atoms with Gasteiger partial charge in [0, 0.05) is 0 Å². The van der Waals surface area contributed by atoms with Gasteiger partial charge in [0.05, 0.1) is 0 Å². The zero-order chi connectivity index (χ0) is 12.9. The van der Waals surface area contributed by atoms with Crippen molar-refractivity contribution in [2.24, 2.45) is 0 Å². The molecule has 0 spiro atoms. The number of aryl methyl sites for hydroxylation is 1. The third kappa shape index (κ3) is 1.60. The number of hydrogen-bond acceptors (Lipinski definition) is 1. The summed E-state index contributed by atoms with van der Waals surface area (Å²) in [5.41, 5.74) is 4.65. The summed E-state index contributed by atoms with van der Waals surface area (Å²) in [4.78, 5) is 0.906. The predicted octanol–water partition coefficient (Wildman–Crippen LogP) is 3.39. The van der Waals surface area contributed by atoms with E-state index in [4.69, 9.17) is 4.74 Å². The van der Waals surface area contributed by atoms with E-state index in [1.165, 1.54) is 18.4 Å². The molecule has 2 atom stereocenters. The average molecular weight is 315 g/mol. The van der Waals surface area contributed by atoms with Crippen LogP contribution in [0.25, 0.3) is 0 Å². The molecule has 1 heterocycles. The summed E-state index contributed by atoms with van der Waals surface area (Å²) in [7, 11) is 1.73. The molecule has 0 N–H and O–H groups in total. The molecule has 0 radical (unpaired) electrons. The Labute approximate surface area is 120 Å². The van der Waals surface area contributed by atoms with Gasteiger partial charge in [-0.2, -0.15) is 0 Å². The number of ether oxygens (including phenoxy) is 1. The fourth-order valence-electron chi connectivity index (χ4n) is 3.32. The van der Waals surface area contributed by atoms with Crippen LogP contribution in [0.1, 0.15) is 23.1 Å². The Kier molecular flexibility index (Phi) is 2.51. The monoisotopic (exact) mass is 316 g/mol. The number of fused-ring (bicyclic) bond motifs is 3. The van der Waals surface area contributed by atoms with Crippen molar-refractivity contribution in [2.75, 3.05) is 7.11 Å². The van der Waals surface area contributed by atoms with Gasteiger partial charge in [-0.25, -0.2) is 0 Å². The fraction of sp³-hybridized carbons (Fsp3) is 0.294. The van der Waals surface area contributed by atoms with Crippen molar-refractivity contribution in [3.8, 4) is 5.75 Å². The minimum absolute atomic E-state index is 0.369. The molecule has 1 fully saturated rings. The molecule has 4 rings (SSSR count). The van der Waals surface area contributed by atoms with Crippen LogP contribution in [0.4, 0.5) is 0 Å². The number of hydrogen-bond donors (Lipinski definition) is 0. The van der Waals surface area contributed by atoms with E-state index in [0.29, 0.717) is 19.3 Å². The van der Waals surface area contributed by atoms with E-state index in [9.17, 15) is 0 Å². The van der Waals surface area contributed by atoms with E-state index < -0.39 is 0 Å². The zero-order valence-electron chi connectivity index (χ0n) is 10.9. The first-order valence-corrected chi connectivity index (χ1v) is 8.60. The fourth-order valence-corrected chi connectivity index (χ4v) is 6.67. The maximum atomic E-state index is 5.28. The van der Waals surface area contributed by atoms with Crippen LogP contribution in [-0.2, 0) is 10.7 Å². The molecule has 0 amide bonds. The molecule has 2 aromatic rings. The predicted molar refractivity (Wildman–Crippen MR) is 78.0 cm³/mol. The van der Waals surface area contributed by atoms with E-state index in [-0.39, 0.29) is 0 Å². The van der Waals surface area contributed by atoms with Crippen LogP contribution in [0, 0.1) is 0 Å². The van der Waals surface area contributed by atoms with Gasteiger partial charge in [-0.3, -0.25) is 0 Å².